The van der Waals surface area contributed by atoms with Gasteiger partial charge in [0.05, 0.1) is 0 Å². The number of aliphatic hydroxyl groups excluding tert-OH is 1. The molecular formula is C33H64O5. The Kier molecular flexibility index (Phi) is 26.7. The van der Waals surface area contributed by atoms with Crippen molar-refractivity contribution < 1.29 is 24.2 Å². The molecule has 5 nitrogen and oxygen atoms in total. The zero-order chi connectivity index (χ0) is 28.3. The van der Waals surface area contributed by atoms with Crippen molar-refractivity contribution in [2.75, 3.05) is 13.2 Å². The number of hydrogen-bond acceptors (Lipinski definition) is 5. The molecule has 0 fully saturated rings. The van der Waals surface area contributed by atoms with E-state index in [2.05, 4.69) is 27.7 Å². The molecule has 38 heavy (non-hydrogen) atoms. The minimum absolute atomic E-state index is 0.111. The Morgan fingerprint density at radius 3 is 1.26 bits per heavy atom. The number of carbonyl (C=O) groups is 2. The predicted octanol–water partition coefficient (Wildman–Crippen LogP) is 9.33. The lowest BCUT2D eigenvalue weighted by Gasteiger charge is -2.12. The lowest BCUT2D eigenvalue weighted by Crippen LogP contribution is -2.25. The Morgan fingerprint density at radius 1 is 0.553 bits per heavy atom. The van der Waals surface area contributed by atoms with Gasteiger partial charge in [-0.05, 0) is 24.7 Å². The number of aliphatic hydroxyl groups is 1. The number of hydrogen-bond donors (Lipinski definition) is 1. The smallest absolute Gasteiger partial charge is 0.305 e. The molecular weight excluding hydrogens is 476 g/mol. The van der Waals surface area contributed by atoms with Crippen molar-refractivity contribution in [3.63, 3.8) is 0 Å². The molecule has 0 aliphatic heterocycles. The van der Waals surface area contributed by atoms with Crippen molar-refractivity contribution in [2.24, 2.45) is 11.8 Å². The maximum atomic E-state index is 11.9. The van der Waals surface area contributed by atoms with Gasteiger partial charge >= 0.3 is 11.9 Å². The topological polar surface area (TPSA) is 72.8 Å². The third-order valence-corrected chi connectivity index (χ3v) is 7.56. The summed E-state index contributed by atoms with van der Waals surface area (Å²) in [6, 6.07) is 0. The summed E-state index contributed by atoms with van der Waals surface area (Å²) in [5.74, 6) is 1.12. The fourth-order valence-electron chi connectivity index (χ4n) is 4.66. The molecule has 0 aromatic carbocycles. The van der Waals surface area contributed by atoms with Gasteiger partial charge in [-0.1, -0.05) is 143 Å². The number of carbonyl (C=O) groups excluding carboxylic acids is 2. The first kappa shape index (κ1) is 36.9. The largest absolute Gasteiger partial charge is 0.463 e. The van der Waals surface area contributed by atoms with Crippen LogP contribution in [0.4, 0.5) is 0 Å². The van der Waals surface area contributed by atoms with Crippen LogP contribution in [0.2, 0.25) is 0 Å². The Morgan fingerprint density at radius 2 is 0.895 bits per heavy atom. The van der Waals surface area contributed by atoms with Crippen molar-refractivity contribution in [1.29, 1.82) is 0 Å². The number of ether oxygens (including phenoxy) is 2. The van der Waals surface area contributed by atoms with Crippen LogP contribution >= 0.6 is 0 Å². The summed E-state index contributed by atoms with van der Waals surface area (Å²) < 4.78 is 10.3. The second-order valence-corrected chi connectivity index (χ2v) is 12.0. The van der Waals surface area contributed by atoms with Crippen LogP contribution in [0, 0.1) is 11.8 Å². The Balaban J connectivity index is 3.44. The van der Waals surface area contributed by atoms with Crippen molar-refractivity contribution >= 4 is 11.9 Å². The molecule has 0 saturated heterocycles. The normalized spacial score (nSPS) is 13.0. The summed E-state index contributed by atoms with van der Waals surface area (Å²) in [7, 11) is 0. The van der Waals surface area contributed by atoms with Gasteiger partial charge in [-0.2, -0.15) is 0 Å². The van der Waals surface area contributed by atoms with E-state index in [1.807, 2.05) is 0 Å². The van der Waals surface area contributed by atoms with Gasteiger partial charge in [0.2, 0.25) is 0 Å². The van der Waals surface area contributed by atoms with Gasteiger partial charge in [-0.25, -0.2) is 0 Å². The quantitative estimate of drug-likeness (QED) is 0.0790. The summed E-state index contributed by atoms with van der Waals surface area (Å²) in [5.41, 5.74) is 0. The van der Waals surface area contributed by atoms with E-state index in [9.17, 15) is 14.7 Å². The lowest BCUT2D eigenvalue weighted by atomic mass is 9.99. The van der Waals surface area contributed by atoms with Crippen LogP contribution < -0.4 is 0 Å². The molecule has 0 saturated carbocycles. The maximum Gasteiger partial charge on any atom is 0.305 e. The Labute approximate surface area is 236 Å². The first-order valence-electron chi connectivity index (χ1n) is 16.3. The van der Waals surface area contributed by atoms with Crippen LogP contribution in [0.3, 0.4) is 0 Å². The molecule has 0 bridgehead atoms. The minimum atomic E-state index is -0.955. The summed E-state index contributed by atoms with van der Waals surface area (Å²) in [6.07, 6.45) is 24.3. The zero-order valence-corrected chi connectivity index (χ0v) is 25.8. The third-order valence-electron chi connectivity index (χ3n) is 7.56. The van der Waals surface area contributed by atoms with E-state index in [1.54, 1.807) is 0 Å². The highest BCUT2D eigenvalue weighted by molar-refractivity contribution is 5.69. The fourth-order valence-corrected chi connectivity index (χ4v) is 4.66. The second-order valence-electron chi connectivity index (χ2n) is 12.0. The zero-order valence-electron chi connectivity index (χ0n) is 25.8. The molecule has 1 unspecified atom stereocenters. The molecule has 0 spiro atoms. The van der Waals surface area contributed by atoms with Crippen LogP contribution in [0.15, 0.2) is 0 Å². The van der Waals surface area contributed by atoms with Gasteiger partial charge in [-0.15, -0.1) is 0 Å². The molecule has 5 heteroatoms. The predicted molar refractivity (Wildman–Crippen MR) is 159 cm³/mol. The summed E-state index contributed by atoms with van der Waals surface area (Å²) in [4.78, 5) is 23.7. The van der Waals surface area contributed by atoms with Gasteiger partial charge in [0, 0.05) is 12.8 Å². The molecule has 0 radical (unpaired) electrons. The number of unbranched alkanes of at least 4 members (excludes halogenated alkanes) is 15. The second kappa shape index (κ2) is 27.5. The number of rotatable bonds is 28. The summed E-state index contributed by atoms with van der Waals surface area (Å²) in [5, 5.41) is 9.94. The molecule has 2 atom stereocenters. The minimum Gasteiger partial charge on any atom is -0.463 e. The van der Waals surface area contributed by atoms with Crippen LogP contribution in [-0.2, 0) is 19.1 Å². The molecule has 0 amide bonds. The molecule has 0 heterocycles. The van der Waals surface area contributed by atoms with Gasteiger partial charge in [0.1, 0.15) is 19.3 Å². The molecule has 0 aliphatic rings. The van der Waals surface area contributed by atoms with Crippen molar-refractivity contribution in [1.82, 2.24) is 0 Å². The first-order chi connectivity index (χ1) is 18.3. The average molecular weight is 541 g/mol. The average Bonchev–Trinajstić information content (AvgIpc) is 2.89. The van der Waals surface area contributed by atoms with Crippen molar-refractivity contribution in [2.45, 2.75) is 175 Å². The fraction of sp³-hybridized carbons (Fsp3) is 0.939. The van der Waals surface area contributed by atoms with Crippen LogP contribution in [-0.4, -0.2) is 36.4 Å². The van der Waals surface area contributed by atoms with Gasteiger partial charge in [0.15, 0.2) is 0 Å². The van der Waals surface area contributed by atoms with Crippen LogP contribution in [0.1, 0.15) is 169 Å². The highest BCUT2D eigenvalue weighted by Gasteiger charge is 2.12. The Hall–Kier alpha value is -1.10. The highest BCUT2D eigenvalue weighted by Crippen LogP contribution is 2.16. The van der Waals surface area contributed by atoms with E-state index in [0.29, 0.717) is 12.8 Å². The van der Waals surface area contributed by atoms with E-state index in [1.165, 1.54) is 89.9 Å². The summed E-state index contributed by atoms with van der Waals surface area (Å²) in [6.45, 7) is 8.95. The van der Waals surface area contributed by atoms with Gasteiger partial charge < -0.3 is 14.6 Å². The van der Waals surface area contributed by atoms with Crippen LogP contribution in [0.5, 0.6) is 0 Å². The number of esters is 2. The van der Waals surface area contributed by atoms with Gasteiger partial charge in [-0.3, -0.25) is 9.59 Å². The molecule has 0 aliphatic carbocycles. The van der Waals surface area contributed by atoms with Crippen LogP contribution in [0.25, 0.3) is 0 Å². The maximum absolute atomic E-state index is 11.9. The van der Waals surface area contributed by atoms with Gasteiger partial charge in [0.25, 0.3) is 0 Å². The molecule has 0 rings (SSSR count). The first-order valence-corrected chi connectivity index (χ1v) is 16.3. The Bertz CT molecular complexity index is 533. The lowest BCUT2D eigenvalue weighted by molar-refractivity contribution is -0.152. The summed E-state index contributed by atoms with van der Waals surface area (Å²) >= 11 is 0. The SMILES string of the molecule is CCC(C)CCCCCCCCCCC(=O)OC[C@@H](O)COC(=O)CCCCCCCCCCCC(C)C. The monoisotopic (exact) mass is 540 g/mol. The molecule has 0 aromatic rings. The van der Waals surface area contributed by atoms with E-state index >= 15 is 0 Å². The van der Waals surface area contributed by atoms with E-state index < -0.39 is 6.10 Å². The molecule has 226 valence electrons. The van der Waals surface area contributed by atoms with Crippen molar-refractivity contribution in [3.05, 3.63) is 0 Å². The highest BCUT2D eigenvalue weighted by atomic mass is 16.6. The molecule has 1 N–H and O–H groups in total. The van der Waals surface area contributed by atoms with E-state index in [0.717, 1.165) is 50.4 Å². The van der Waals surface area contributed by atoms with Crippen molar-refractivity contribution in [3.8, 4) is 0 Å². The van der Waals surface area contributed by atoms with E-state index in [-0.39, 0.29) is 25.2 Å². The van der Waals surface area contributed by atoms with E-state index in [4.69, 9.17) is 9.47 Å². The molecule has 0 aromatic heterocycles. The third kappa shape index (κ3) is 27.9. The standard InChI is InChI=1S/C33H64O5/c1-5-30(4)24-20-16-12-9-10-14-18-22-26-33(36)38-28-31(34)27-37-32(35)25-21-17-13-8-6-7-11-15-19-23-29(2)3/h29-31,34H,5-28H2,1-4H3/t30?,31-/m0/s1.